The Morgan fingerprint density at radius 3 is 2.65 bits per heavy atom. The Bertz CT molecular complexity index is 634. The molecular weight excluding hydrogens is 302 g/mol. The van der Waals surface area contributed by atoms with Crippen LogP contribution in [0, 0.1) is 11.6 Å². The van der Waals surface area contributed by atoms with Crippen LogP contribution in [0.2, 0.25) is 5.02 Å². The molecule has 0 saturated heterocycles. The maximum absolute atomic E-state index is 13.0. The second kappa shape index (κ2) is 6.63. The summed E-state index contributed by atoms with van der Waals surface area (Å²) in [7, 11) is 0. The van der Waals surface area contributed by atoms with Crippen molar-refractivity contribution in [3.8, 4) is 0 Å². The molecular formula is C14H11ClF2N2S. The number of halogens is 3. The summed E-state index contributed by atoms with van der Waals surface area (Å²) in [6, 6.07) is 10.4. The molecule has 0 spiro atoms. The van der Waals surface area contributed by atoms with Crippen LogP contribution >= 0.6 is 23.8 Å². The molecule has 2 N–H and O–H groups in total. The summed E-state index contributed by atoms with van der Waals surface area (Å²) in [4.78, 5) is 0. The summed E-state index contributed by atoms with van der Waals surface area (Å²) in [6.45, 7) is 0.387. The van der Waals surface area contributed by atoms with E-state index >= 15 is 0 Å². The molecule has 0 bridgehead atoms. The minimum absolute atomic E-state index is 0.0166. The van der Waals surface area contributed by atoms with Crippen molar-refractivity contribution in [1.82, 2.24) is 5.32 Å². The van der Waals surface area contributed by atoms with E-state index in [1.807, 2.05) is 0 Å². The summed E-state index contributed by atoms with van der Waals surface area (Å²) in [5, 5.41) is 6.16. The van der Waals surface area contributed by atoms with Gasteiger partial charge in [-0.15, -0.1) is 0 Å². The fourth-order valence-corrected chi connectivity index (χ4v) is 1.95. The highest BCUT2D eigenvalue weighted by atomic mass is 35.5. The normalized spacial score (nSPS) is 10.2. The molecule has 0 aliphatic rings. The lowest BCUT2D eigenvalue weighted by atomic mass is 10.2. The van der Waals surface area contributed by atoms with Crippen LogP contribution in [0.25, 0.3) is 0 Å². The summed E-state index contributed by atoms with van der Waals surface area (Å²) < 4.78 is 26.0. The van der Waals surface area contributed by atoms with E-state index in [-0.39, 0.29) is 10.8 Å². The molecule has 104 valence electrons. The van der Waals surface area contributed by atoms with Gasteiger partial charge in [0.1, 0.15) is 11.6 Å². The SMILES string of the molecule is Fc1cccc(CNC(=S)Nc2ccc(F)c(Cl)c2)c1. The largest absolute Gasteiger partial charge is 0.358 e. The number of nitrogens with one attached hydrogen (secondary N) is 2. The predicted molar refractivity (Wildman–Crippen MR) is 80.9 cm³/mol. The highest BCUT2D eigenvalue weighted by molar-refractivity contribution is 7.80. The molecule has 0 unspecified atom stereocenters. The monoisotopic (exact) mass is 312 g/mol. The average molecular weight is 313 g/mol. The molecule has 6 heteroatoms. The number of hydrogen-bond acceptors (Lipinski definition) is 1. The minimum atomic E-state index is -0.490. The standard InChI is InChI=1S/C14H11ClF2N2S/c15-12-7-11(4-5-13(12)17)19-14(20)18-8-9-2-1-3-10(16)6-9/h1-7H,8H2,(H2,18,19,20). The molecule has 2 nitrogen and oxygen atoms in total. The van der Waals surface area contributed by atoms with Crippen molar-refractivity contribution in [3.63, 3.8) is 0 Å². The van der Waals surface area contributed by atoms with Crippen LogP contribution in [0.1, 0.15) is 5.56 Å². The lowest BCUT2D eigenvalue weighted by molar-refractivity contribution is 0.625. The fourth-order valence-electron chi connectivity index (χ4n) is 1.58. The summed E-state index contributed by atoms with van der Waals surface area (Å²) in [5.74, 6) is -0.788. The topological polar surface area (TPSA) is 24.1 Å². The van der Waals surface area contributed by atoms with Crippen molar-refractivity contribution in [2.45, 2.75) is 6.54 Å². The number of thiocarbonyl (C=S) groups is 1. The molecule has 0 aliphatic carbocycles. The van der Waals surface area contributed by atoms with Gasteiger partial charge in [0.15, 0.2) is 5.11 Å². The van der Waals surface area contributed by atoms with E-state index in [2.05, 4.69) is 10.6 Å². The number of rotatable bonds is 3. The van der Waals surface area contributed by atoms with Gasteiger partial charge in [0, 0.05) is 12.2 Å². The molecule has 2 rings (SSSR count). The second-order valence-electron chi connectivity index (χ2n) is 4.07. The fraction of sp³-hybridized carbons (Fsp3) is 0.0714. The van der Waals surface area contributed by atoms with Crippen molar-refractivity contribution in [2.24, 2.45) is 0 Å². The van der Waals surface area contributed by atoms with Crippen LogP contribution in [0.3, 0.4) is 0 Å². The number of anilines is 1. The van der Waals surface area contributed by atoms with Gasteiger partial charge < -0.3 is 10.6 Å². The van der Waals surface area contributed by atoms with Crippen molar-refractivity contribution >= 4 is 34.6 Å². The van der Waals surface area contributed by atoms with Gasteiger partial charge in [0.2, 0.25) is 0 Å². The Morgan fingerprint density at radius 1 is 1.15 bits per heavy atom. The summed E-state index contributed by atoms with van der Waals surface area (Å²) in [6.07, 6.45) is 0. The van der Waals surface area contributed by atoms with Crippen molar-refractivity contribution in [1.29, 1.82) is 0 Å². The minimum Gasteiger partial charge on any atom is -0.358 e. The van der Waals surface area contributed by atoms with Crippen molar-refractivity contribution < 1.29 is 8.78 Å². The van der Waals surface area contributed by atoms with Crippen molar-refractivity contribution in [3.05, 3.63) is 64.7 Å². The third kappa shape index (κ3) is 4.15. The zero-order valence-corrected chi connectivity index (χ0v) is 11.9. The van der Waals surface area contributed by atoms with Crippen LogP contribution in [0.5, 0.6) is 0 Å². The Morgan fingerprint density at radius 2 is 1.95 bits per heavy atom. The summed E-state index contributed by atoms with van der Waals surface area (Å²) in [5.41, 5.74) is 1.35. The maximum atomic E-state index is 13.0. The first kappa shape index (κ1) is 14.7. The molecule has 0 fully saturated rings. The molecule has 0 heterocycles. The quantitative estimate of drug-likeness (QED) is 0.834. The molecule has 0 saturated carbocycles. The van der Waals surface area contributed by atoms with Gasteiger partial charge in [0.25, 0.3) is 0 Å². The summed E-state index contributed by atoms with van der Waals surface area (Å²) >= 11 is 10.8. The zero-order valence-electron chi connectivity index (χ0n) is 10.3. The van der Waals surface area contributed by atoms with Crippen LogP contribution in [-0.4, -0.2) is 5.11 Å². The zero-order chi connectivity index (χ0) is 14.5. The van der Waals surface area contributed by atoms with Gasteiger partial charge in [-0.3, -0.25) is 0 Å². The van der Waals surface area contributed by atoms with E-state index in [4.69, 9.17) is 23.8 Å². The van der Waals surface area contributed by atoms with E-state index in [0.29, 0.717) is 17.3 Å². The Kier molecular flexibility index (Phi) is 4.87. The van der Waals surface area contributed by atoms with Gasteiger partial charge >= 0.3 is 0 Å². The van der Waals surface area contributed by atoms with E-state index in [0.717, 1.165) is 5.56 Å². The van der Waals surface area contributed by atoms with E-state index < -0.39 is 5.82 Å². The van der Waals surface area contributed by atoms with E-state index in [1.54, 1.807) is 12.1 Å². The van der Waals surface area contributed by atoms with E-state index in [9.17, 15) is 8.78 Å². The highest BCUT2D eigenvalue weighted by Crippen LogP contribution is 2.19. The molecule has 0 aliphatic heterocycles. The van der Waals surface area contributed by atoms with Crippen LogP contribution in [0.15, 0.2) is 42.5 Å². The van der Waals surface area contributed by atoms with Gasteiger partial charge in [-0.25, -0.2) is 8.78 Å². The van der Waals surface area contributed by atoms with Crippen molar-refractivity contribution in [2.75, 3.05) is 5.32 Å². The van der Waals surface area contributed by atoms with E-state index in [1.165, 1.54) is 30.3 Å². The van der Waals surface area contributed by atoms with Crippen LogP contribution in [-0.2, 0) is 6.54 Å². The number of hydrogen-bond donors (Lipinski definition) is 2. The smallest absolute Gasteiger partial charge is 0.171 e. The highest BCUT2D eigenvalue weighted by Gasteiger charge is 2.03. The first-order valence-electron chi connectivity index (χ1n) is 5.79. The Balaban J connectivity index is 1.91. The third-order valence-corrected chi connectivity index (χ3v) is 3.06. The molecule has 2 aromatic carbocycles. The lowest BCUT2D eigenvalue weighted by Crippen LogP contribution is -2.27. The first-order valence-corrected chi connectivity index (χ1v) is 6.57. The Labute approximate surface area is 125 Å². The molecule has 0 aromatic heterocycles. The van der Waals surface area contributed by atoms with Gasteiger partial charge in [-0.1, -0.05) is 23.7 Å². The predicted octanol–water partition coefficient (Wildman–Crippen LogP) is 4.10. The Hall–Kier alpha value is -1.72. The molecule has 2 aromatic rings. The van der Waals surface area contributed by atoms with Crippen LogP contribution < -0.4 is 10.6 Å². The molecule has 0 amide bonds. The average Bonchev–Trinajstić information content (AvgIpc) is 2.41. The molecule has 0 atom stereocenters. The number of benzene rings is 2. The second-order valence-corrected chi connectivity index (χ2v) is 4.88. The maximum Gasteiger partial charge on any atom is 0.171 e. The molecule has 0 radical (unpaired) electrons. The van der Waals surface area contributed by atoms with Gasteiger partial charge in [-0.2, -0.15) is 0 Å². The third-order valence-electron chi connectivity index (χ3n) is 2.52. The van der Waals surface area contributed by atoms with Gasteiger partial charge in [-0.05, 0) is 48.1 Å². The van der Waals surface area contributed by atoms with Gasteiger partial charge in [0.05, 0.1) is 5.02 Å². The van der Waals surface area contributed by atoms with Crippen LogP contribution in [0.4, 0.5) is 14.5 Å². The molecule has 20 heavy (non-hydrogen) atoms. The lowest BCUT2D eigenvalue weighted by Gasteiger charge is -2.11. The first-order chi connectivity index (χ1) is 9.54.